The molecule has 11 N–H and O–H groups in total. The Kier molecular flexibility index (Phi) is 19.3. The van der Waals surface area contributed by atoms with Crippen molar-refractivity contribution in [3.05, 3.63) is 48.0 Å². The van der Waals surface area contributed by atoms with Crippen LogP contribution in [-0.2, 0) is 68.3 Å². The molecule has 2 aromatic heterocycles. The van der Waals surface area contributed by atoms with Crippen LogP contribution in [0.15, 0.2) is 36.9 Å². The molecule has 1 saturated heterocycles. The Hall–Kier alpha value is -4.10. The van der Waals surface area contributed by atoms with E-state index >= 15 is 0 Å². The van der Waals surface area contributed by atoms with Crippen molar-refractivity contribution < 1.29 is 90.4 Å². The number of nitrogens with one attached hydrogen (secondary N) is 2. The summed E-state index contributed by atoms with van der Waals surface area (Å²) < 4.78 is 62.6. The molecule has 29 heteroatoms. The maximum atomic E-state index is 13.1. The van der Waals surface area contributed by atoms with Gasteiger partial charge >= 0.3 is 29.4 Å². The molecule has 6 rings (SSSR count). The summed E-state index contributed by atoms with van der Waals surface area (Å²) in [7, 11) is -16.5. The summed E-state index contributed by atoms with van der Waals surface area (Å²) in [6.45, 7) is 0.374. The largest absolute Gasteiger partial charge is 0.481 e. The highest BCUT2D eigenvalue weighted by Crippen LogP contribution is 2.61. The van der Waals surface area contributed by atoms with Crippen LogP contribution < -0.4 is 16.4 Å². The summed E-state index contributed by atoms with van der Waals surface area (Å²) in [5.74, 6) is -2.06. The molecule has 2 amide bonds. The number of carbonyl (C=O) groups is 4. The van der Waals surface area contributed by atoms with Crippen molar-refractivity contribution >= 4 is 64.0 Å². The normalized spacial score (nSPS) is 22.2. The van der Waals surface area contributed by atoms with Crippen molar-refractivity contribution in [1.29, 1.82) is 0 Å². The second-order valence-electron chi connectivity index (χ2n) is 19.6. The average Bonchev–Trinajstić information content (AvgIpc) is 4.23. The minimum absolute atomic E-state index is 0.0267. The van der Waals surface area contributed by atoms with E-state index in [0.29, 0.717) is 0 Å². The third-order valence-electron chi connectivity index (χ3n) is 13.6. The van der Waals surface area contributed by atoms with E-state index in [1.165, 1.54) is 25.0 Å². The van der Waals surface area contributed by atoms with Crippen molar-refractivity contribution in [1.82, 2.24) is 30.2 Å². The number of Topliss-reactive ketones (excluding diaryl/α,β-unsaturated/α-hetero) is 1. The van der Waals surface area contributed by atoms with Gasteiger partial charge in [-0.1, -0.05) is 57.4 Å². The van der Waals surface area contributed by atoms with Crippen molar-refractivity contribution in [2.75, 3.05) is 32.0 Å². The second-order valence-corrected chi connectivity index (χ2v) is 23.9. The predicted octanol–water partition coefficient (Wildman–Crippen LogP) is 3.53. The Morgan fingerprint density at radius 3 is 2.10 bits per heavy atom. The number of aliphatic hydroxyl groups excluding tert-OH is 2. The first-order valence-electron chi connectivity index (χ1n) is 24.0. The Morgan fingerprint density at radius 1 is 0.863 bits per heavy atom. The molecule has 1 aromatic carbocycles. The number of aromatic nitrogens is 4. The quantitative estimate of drug-likeness (QED) is 0.0316. The summed E-state index contributed by atoms with van der Waals surface area (Å²) >= 11 is 0. The summed E-state index contributed by atoms with van der Waals surface area (Å²) in [4.78, 5) is 101. The number of aliphatic hydroxyl groups is 2. The molecule has 26 nitrogen and oxygen atoms in total. The monoisotopic (exact) mass is 1090 g/mol. The van der Waals surface area contributed by atoms with Gasteiger partial charge in [-0.05, 0) is 75.3 Å². The number of phosphoric acid groups is 3. The number of ketones is 1. The lowest BCUT2D eigenvalue weighted by atomic mass is 9.87. The van der Waals surface area contributed by atoms with Gasteiger partial charge in [0, 0.05) is 36.8 Å². The van der Waals surface area contributed by atoms with Crippen LogP contribution >= 0.6 is 23.5 Å². The van der Waals surface area contributed by atoms with Gasteiger partial charge in [0.25, 0.3) is 0 Å². The molecular weight excluding hydrogens is 1020 g/mol. The average molecular weight is 1090 g/mol. The number of phosphoric ester groups is 3. The maximum Gasteiger partial charge on any atom is 0.481 e. The number of amides is 2. The van der Waals surface area contributed by atoms with E-state index in [1.807, 2.05) is 12.1 Å². The molecule has 1 aliphatic heterocycles. The number of nitrogen functional groups attached to an aromatic ring is 1. The maximum absolute atomic E-state index is 13.1. The number of benzene rings is 1. The number of carboxylic acid groups (broad SMARTS) is 1. The van der Waals surface area contributed by atoms with Gasteiger partial charge in [-0.3, -0.25) is 37.3 Å². The molecule has 2 saturated carbocycles. The Bertz CT molecular complexity index is 2590. The molecule has 0 bridgehead atoms. The number of carboxylic acids is 1. The summed E-state index contributed by atoms with van der Waals surface area (Å²) in [6.07, 6.45) is 4.47. The van der Waals surface area contributed by atoms with Gasteiger partial charge in [-0.25, -0.2) is 28.6 Å². The third-order valence-corrected chi connectivity index (χ3v) is 16.7. The number of hydrogen-bond acceptors (Lipinski definition) is 18. The van der Waals surface area contributed by atoms with E-state index in [2.05, 4.69) is 46.6 Å². The lowest BCUT2D eigenvalue weighted by Gasteiger charge is -2.30. The lowest BCUT2D eigenvalue weighted by molar-refractivity contribution is -0.143. The number of carbonyl (C=O) groups excluding carboxylic acids is 3. The zero-order chi connectivity index (χ0) is 53.4. The molecule has 7 atom stereocenters. The third kappa shape index (κ3) is 16.2. The number of aryl methyl sites for hydroxylation is 2. The van der Waals surface area contributed by atoms with Crippen molar-refractivity contribution in [3.63, 3.8) is 0 Å². The minimum atomic E-state index is -5.60. The molecule has 73 heavy (non-hydrogen) atoms. The van der Waals surface area contributed by atoms with Gasteiger partial charge in [0.05, 0.1) is 25.0 Å². The highest BCUT2D eigenvalue weighted by Gasteiger charge is 2.51. The Balaban J connectivity index is 0.850. The van der Waals surface area contributed by atoms with E-state index in [1.54, 1.807) is 0 Å². The van der Waals surface area contributed by atoms with E-state index < -0.39 is 95.9 Å². The summed E-state index contributed by atoms with van der Waals surface area (Å²) in [5, 5.41) is 36.2. The van der Waals surface area contributed by atoms with Crippen molar-refractivity contribution in [2.24, 2.45) is 16.2 Å². The van der Waals surface area contributed by atoms with Crippen LogP contribution in [0.5, 0.6) is 0 Å². The fourth-order valence-corrected chi connectivity index (χ4v) is 11.7. The lowest BCUT2D eigenvalue weighted by Crippen LogP contribution is -2.46. The first-order chi connectivity index (χ1) is 34.3. The van der Waals surface area contributed by atoms with Crippen LogP contribution in [0.1, 0.15) is 115 Å². The van der Waals surface area contributed by atoms with Crippen LogP contribution in [-0.4, -0.2) is 129 Å². The highest BCUT2D eigenvalue weighted by atomic mass is 31.3. The molecule has 3 aromatic rings. The number of unbranched alkanes of at least 4 members (excludes halogenated alkanes) is 3. The highest BCUT2D eigenvalue weighted by molar-refractivity contribution is 7.61. The zero-order valence-electron chi connectivity index (χ0n) is 40.5. The molecule has 0 spiro atoms. The number of anilines is 1. The van der Waals surface area contributed by atoms with Crippen LogP contribution in [0.2, 0.25) is 0 Å². The van der Waals surface area contributed by atoms with Gasteiger partial charge in [0.2, 0.25) is 11.8 Å². The summed E-state index contributed by atoms with van der Waals surface area (Å²) in [5.41, 5.74) is 6.03. The van der Waals surface area contributed by atoms with Gasteiger partial charge in [-0.2, -0.15) is 4.31 Å². The number of ether oxygens (including phenoxy) is 1. The topological polar surface area (TPSA) is 401 Å². The van der Waals surface area contributed by atoms with E-state index in [4.69, 9.17) is 19.5 Å². The predicted molar refractivity (Wildman–Crippen MR) is 256 cm³/mol. The van der Waals surface area contributed by atoms with Crippen LogP contribution in [0.4, 0.5) is 5.82 Å². The fraction of sp³-hybridized carbons (Fsp3) is 0.659. The first kappa shape index (κ1) is 58.2. The van der Waals surface area contributed by atoms with Crippen LogP contribution in [0.25, 0.3) is 11.2 Å². The molecule has 406 valence electrons. The second kappa shape index (κ2) is 24.3. The minimum Gasteiger partial charge on any atom is -0.481 e. The molecule has 3 heterocycles. The van der Waals surface area contributed by atoms with Crippen molar-refractivity contribution in [2.45, 2.75) is 141 Å². The summed E-state index contributed by atoms with van der Waals surface area (Å²) in [6, 6.07) is 8.38. The number of aliphatic carboxylic acids is 1. The van der Waals surface area contributed by atoms with E-state index in [-0.39, 0.29) is 54.1 Å². The van der Waals surface area contributed by atoms with Gasteiger partial charge in [0.1, 0.15) is 42.0 Å². The standard InChI is InChI=1S/C44H66N7O19P3/c1-42(2,25-67-73(64,65)70-72(62,63)66-24-30-35(69-71(59,60)61)34(54)40(68-30)51-27-50-33-37(45)48-26-49-38(33)51)36(55)39(56)47-23-15-32(53)46-22-14-31(52)43(18-19-43)16-8-3-4-10-28-11-5-6-12-29(28)13-7-9-17-44(20-21-44)41(57)58/h5-6,11-12,26-27,30,34-36,40,54-55H,3-4,7-10,13-25H2,1-2H3,(H,46,53)(H,47,56)(H,57,58)(H,62,63)(H,64,65)(H2,45,48,49)(H2,59,60,61). The van der Waals surface area contributed by atoms with E-state index in [9.17, 15) is 67.8 Å². The number of nitrogens with two attached hydrogens (primary N) is 1. The first-order valence-corrected chi connectivity index (χ1v) is 28.5. The van der Waals surface area contributed by atoms with Crippen LogP contribution in [0, 0.1) is 16.2 Å². The fourth-order valence-electron chi connectivity index (χ4n) is 8.84. The number of hydrogen-bond donors (Lipinski definition) is 10. The van der Waals surface area contributed by atoms with Crippen molar-refractivity contribution in [3.8, 4) is 0 Å². The smallest absolute Gasteiger partial charge is 0.481 e. The zero-order valence-corrected chi connectivity index (χ0v) is 43.2. The molecular formula is C44H66N7O19P3. The van der Waals surface area contributed by atoms with E-state index in [0.717, 1.165) is 101 Å². The number of rotatable bonds is 32. The SMILES string of the molecule is CC(C)(COP(=O)(O)OP(=O)(O)OCC1OC(n2cnc3c(N)ncnc32)C(O)C1OP(=O)(O)O)C(O)C(=O)NCCC(=O)NCCC(=O)C1(CCCCCc2ccccc2CCCCC2(C(=O)O)CC2)CC1. The molecule has 7 unspecified atom stereocenters. The molecule has 3 fully saturated rings. The molecule has 0 radical (unpaired) electrons. The van der Waals surface area contributed by atoms with Gasteiger partial charge in [-0.15, -0.1) is 0 Å². The number of fused-ring (bicyclic) bond motifs is 1. The van der Waals surface area contributed by atoms with Gasteiger partial charge < -0.3 is 56.0 Å². The molecule has 3 aliphatic rings. The number of nitrogens with zero attached hydrogens (tertiary/aromatic N) is 4. The van der Waals surface area contributed by atoms with Crippen LogP contribution in [0.3, 0.4) is 0 Å². The molecule has 2 aliphatic carbocycles. The Labute approximate surface area is 420 Å². The Morgan fingerprint density at radius 2 is 1.47 bits per heavy atom. The van der Waals surface area contributed by atoms with Gasteiger partial charge in [0.15, 0.2) is 17.7 Å². The number of imidazole rings is 1.